The molecule has 0 bridgehead atoms. The van der Waals surface area contributed by atoms with Crippen molar-refractivity contribution in [2.75, 3.05) is 6.54 Å². The zero-order valence-corrected chi connectivity index (χ0v) is 11.8. The summed E-state index contributed by atoms with van der Waals surface area (Å²) in [5.41, 5.74) is 7.56. The topological polar surface area (TPSA) is 55.1 Å². The van der Waals surface area contributed by atoms with Crippen molar-refractivity contribution in [1.29, 1.82) is 0 Å². The molecule has 0 saturated carbocycles. The molecule has 0 radical (unpaired) electrons. The van der Waals surface area contributed by atoms with Crippen LogP contribution >= 0.6 is 0 Å². The van der Waals surface area contributed by atoms with Gasteiger partial charge in [-0.05, 0) is 49.9 Å². The van der Waals surface area contributed by atoms with Crippen LogP contribution in [0.4, 0.5) is 4.39 Å². The van der Waals surface area contributed by atoms with Crippen molar-refractivity contribution < 1.29 is 9.18 Å². The maximum atomic E-state index is 13.5. The van der Waals surface area contributed by atoms with Crippen molar-refractivity contribution >= 4 is 5.91 Å². The van der Waals surface area contributed by atoms with Crippen LogP contribution in [0.25, 0.3) is 0 Å². The van der Waals surface area contributed by atoms with Gasteiger partial charge in [-0.3, -0.25) is 4.79 Å². The first-order chi connectivity index (χ1) is 9.04. The smallest absolute Gasteiger partial charge is 0.220 e. The van der Waals surface area contributed by atoms with E-state index in [0.29, 0.717) is 30.6 Å². The van der Waals surface area contributed by atoms with Crippen molar-refractivity contribution in [3.05, 3.63) is 34.6 Å². The first-order valence-electron chi connectivity index (χ1n) is 6.77. The van der Waals surface area contributed by atoms with Crippen molar-refractivity contribution in [2.24, 2.45) is 5.73 Å². The van der Waals surface area contributed by atoms with Gasteiger partial charge in [-0.1, -0.05) is 18.6 Å². The second-order valence-corrected chi connectivity index (χ2v) is 4.92. The summed E-state index contributed by atoms with van der Waals surface area (Å²) in [6.07, 6.45) is 3.34. The lowest BCUT2D eigenvalue weighted by atomic mass is 10.1. The van der Waals surface area contributed by atoms with Crippen molar-refractivity contribution in [3.63, 3.8) is 0 Å². The molecule has 106 valence electrons. The van der Waals surface area contributed by atoms with E-state index in [0.717, 1.165) is 24.8 Å². The third kappa shape index (κ3) is 5.39. The van der Waals surface area contributed by atoms with E-state index >= 15 is 0 Å². The molecule has 1 amide bonds. The Hall–Kier alpha value is -1.42. The monoisotopic (exact) mass is 266 g/mol. The first kappa shape index (κ1) is 15.6. The molecule has 1 aromatic rings. The summed E-state index contributed by atoms with van der Waals surface area (Å²) < 4.78 is 13.5. The minimum absolute atomic E-state index is 0.0386. The highest BCUT2D eigenvalue weighted by Crippen LogP contribution is 2.14. The van der Waals surface area contributed by atoms with Crippen LogP contribution in [0, 0.1) is 19.7 Å². The Morgan fingerprint density at radius 1 is 1.21 bits per heavy atom. The Kier molecular flexibility index (Phi) is 6.50. The van der Waals surface area contributed by atoms with Crippen LogP contribution in [-0.2, 0) is 11.3 Å². The van der Waals surface area contributed by atoms with Gasteiger partial charge in [-0.2, -0.15) is 0 Å². The summed E-state index contributed by atoms with van der Waals surface area (Å²) in [5.74, 6) is -0.131. The number of aryl methyl sites for hydroxylation is 2. The van der Waals surface area contributed by atoms with E-state index in [9.17, 15) is 9.18 Å². The number of hydrogen-bond acceptors (Lipinski definition) is 2. The van der Waals surface area contributed by atoms with Crippen LogP contribution in [0.1, 0.15) is 42.4 Å². The second kappa shape index (κ2) is 7.89. The van der Waals surface area contributed by atoms with Crippen molar-refractivity contribution in [1.82, 2.24) is 5.32 Å². The van der Waals surface area contributed by atoms with Crippen molar-refractivity contribution in [2.45, 2.75) is 46.1 Å². The van der Waals surface area contributed by atoms with E-state index < -0.39 is 0 Å². The van der Waals surface area contributed by atoms with Gasteiger partial charge < -0.3 is 11.1 Å². The lowest BCUT2D eigenvalue weighted by molar-refractivity contribution is -0.121. The molecule has 0 aromatic heterocycles. The van der Waals surface area contributed by atoms with Gasteiger partial charge >= 0.3 is 0 Å². The third-order valence-electron chi connectivity index (χ3n) is 3.09. The van der Waals surface area contributed by atoms with E-state index in [4.69, 9.17) is 5.73 Å². The third-order valence-corrected chi connectivity index (χ3v) is 3.09. The highest BCUT2D eigenvalue weighted by molar-refractivity contribution is 5.75. The van der Waals surface area contributed by atoms with Gasteiger partial charge in [0, 0.05) is 13.0 Å². The molecule has 1 aromatic carbocycles. The summed E-state index contributed by atoms with van der Waals surface area (Å²) in [6, 6.07) is 3.55. The normalized spacial score (nSPS) is 10.5. The van der Waals surface area contributed by atoms with E-state index in [-0.39, 0.29) is 11.7 Å². The number of amides is 1. The van der Waals surface area contributed by atoms with Gasteiger partial charge in [0.15, 0.2) is 0 Å². The van der Waals surface area contributed by atoms with Gasteiger partial charge in [0.05, 0.1) is 0 Å². The predicted molar refractivity (Wildman–Crippen MR) is 75.2 cm³/mol. The molecule has 3 nitrogen and oxygen atoms in total. The average Bonchev–Trinajstić information content (AvgIpc) is 2.38. The molecular formula is C15H23FN2O. The molecule has 0 saturated heterocycles. The van der Waals surface area contributed by atoms with E-state index in [1.165, 1.54) is 0 Å². The fourth-order valence-electron chi connectivity index (χ4n) is 2.03. The Morgan fingerprint density at radius 3 is 2.42 bits per heavy atom. The lowest BCUT2D eigenvalue weighted by Crippen LogP contribution is -2.22. The molecule has 0 atom stereocenters. The molecule has 0 aliphatic rings. The first-order valence-corrected chi connectivity index (χ1v) is 6.77. The summed E-state index contributed by atoms with van der Waals surface area (Å²) in [7, 11) is 0. The maximum Gasteiger partial charge on any atom is 0.220 e. The number of nitrogens with two attached hydrogens (primary N) is 1. The lowest BCUT2D eigenvalue weighted by Gasteiger charge is -2.08. The number of nitrogens with one attached hydrogen (secondary N) is 1. The Morgan fingerprint density at radius 2 is 1.84 bits per heavy atom. The van der Waals surface area contributed by atoms with E-state index in [2.05, 4.69) is 5.32 Å². The Bertz CT molecular complexity index is 409. The van der Waals surface area contributed by atoms with E-state index in [1.54, 1.807) is 26.0 Å². The molecule has 0 aliphatic heterocycles. The van der Waals surface area contributed by atoms with Crippen LogP contribution < -0.4 is 11.1 Å². The molecule has 3 N–H and O–H groups in total. The molecule has 0 unspecified atom stereocenters. The molecule has 4 heteroatoms. The second-order valence-electron chi connectivity index (χ2n) is 4.92. The zero-order valence-electron chi connectivity index (χ0n) is 11.8. The molecule has 0 heterocycles. The molecule has 0 aliphatic carbocycles. The number of carbonyl (C=O) groups is 1. The van der Waals surface area contributed by atoms with Gasteiger partial charge in [-0.15, -0.1) is 0 Å². The van der Waals surface area contributed by atoms with Gasteiger partial charge in [0.1, 0.15) is 5.82 Å². The average molecular weight is 266 g/mol. The number of carbonyl (C=O) groups excluding carboxylic acids is 1. The predicted octanol–water partition coefficient (Wildman–Crippen LogP) is 2.58. The number of unbranched alkanes of at least 4 members (excludes halogenated alkanes) is 2. The summed E-state index contributed by atoms with van der Waals surface area (Å²) >= 11 is 0. The van der Waals surface area contributed by atoms with Gasteiger partial charge in [-0.25, -0.2) is 4.39 Å². The highest BCUT2D eigenvalue weighted by atomic mass is 19.1. The quantitative estimate of drug-likeness (QED) is 0.745. The number of hydrogen-bond donors (Lipinski definition) is 2. The van der Waals surface area contributed by atoms with Crippen LogP contribution in [0.2, 0.25) is 0 Å². The number of benzene rings is 1. The van der Waals surface area contributed by atoms with Crippen molar-refractivity contribution in [3.8, 4) is 0 Å². The minimum atomic E-state index is -0.170. The fourth-order valence-corrected chi connectivity index (χ4v) is 2.03. The fraction of sp³-hybridized carbons (Fsp3) is 0.533. The molecule has 19 heavy (non-hydrogen) atoms. The molecule has 0 spiro atoms. The maximum absolute atomic E-state index is 13.5. The summed E-state index contributed by atoms with van der Waals surface area (Å²) in [6.45, 7) is 4.61. The molecular weight excluding hydrogens is 243 g/mol. The zero-order chi connectivity index (χ0) is 14.3. The van der Waals surface area contributed by atoms with Crippen LogP contribution in [-0.4, -0.2) is 12.5 Å². The Balaban J connectivity index is 2.38. The van der Waals surface area contributed by atoms with Crippen LogP contribution in [0.3, 0.4) is 0 Å². The molecule has 0 fully saturated rings. The number of rotatable bonds is 7. The summed E-state index contributed by atoms with van der Waals surface area (Å²) in [5, 5.41) is 2.86. The summed E-state index contributed by atoms with van der Waals surface area (Å²) in [4.78, 5) is 11.6. The van der Waals surface area contributed by atoms with Crippen LogP contribution in [0.15, 0.2) is 12.1 Å². The Labute approximate surface area is 114 Å². The van der Waals surface area contributed by atoms with Gasteiger partial charge in [0.2, 0.25) is 5.91 Å². The largest absolute Gasteiger partial charge is 0.352 e. The molecule has 1 rings (SSSR count). The van der Waals surface area contributed by atoms with E-state index in [1.807, 2.05) is 0 Å². The highest BCUT2D eigenvalue weighted by Gasteiger charge is 2.06. The standard InChI is InChI=1S/C15H23FN2O/c1-11-8-13(9-12(2)15(11)16)10-18-14(19)6-4-3-5-7-17/h8-9H,3-7,10,17H2,1-2H3,(H,18,19). The van der Waals surface area contributed by atoms with Gasteiger partial charge in [0.25, 0.3) is 0 Å². The SMILES string of the molecule is Cc1cc(CNC(=O)CCCCCN)cc(C)c1F. The number of halogens is 1. The minimum Gasteiger partial charge on any atom is -0.352 e. The van der Waals surface area contributed by atoms with Crippen LogP contribution in [0.5, 0.6) is 0 Å².